The summed E-state index contributed by atoms with van der Waals surface area (Å²) in [4.78, 5) is 12.1. The smallest absolute Gasteiger partial charge is 0.258 e. The SMILES string of the molecule is Cc1ccccc1C(C)NC(=O)COc1ccc2c(c1)OCO2. The monoisotopic (exact) mass is 313 g/mol. The molecule has 120 valence electrons. The Labute approximate surface area is 135 Å². The number of benzene rings is 2. The van der Waals surface area contributed by atoms with Crippen molar-refractivity contribution < 1.29 is 19.0 Å². The summed E-state index contributed by atoms with van der Waals surface area (Å²) in [5.74, 6) is 1.73. The van der Waals surface area contributed by atoms with E-state index >= 15 is 0 Å². The molecule has 2 aromatic rings. The Morgan fingerprint density at radius 1 is 1.22 bits per heavy atom. The molecule has 3 rings (SSSR count). The Kier molecular flexibility index (Phi) is 4.37. The van der Waals surface area contributed by atoms with Gasteiger partial charge in [-0.15, -0.1) is 0 Å². The van der Waals surface area contributed by atoms with Gasteiger partial charge in [0.1, 0.15) is 5.75 Å². The third-order valence-corrected chi connectivity index (χ3v) is 3.75. The van der Waals surface area contributed by atoms with Gasteiger partial charge in [0.05, 0.1) is 6.04 Å². The van der Waals surface area contributed by atoms with Crippen molar-refractivity contribution in [3.05, 3.63) is 53.6 Å². The first-order valence-corrected chi connectivity index (χ1v) is 7.51. The average Bonchev–Trinajstić information content (AvgIpc) is 3.01. The van der Waals surface area contributed by atoms with Crippen molar-refractivity contribution in [1.29, 1.82) is 0 Å². The van der Waals surface area contributed by atoms with E-state index in [1.807, 2.05) is 38.1 Å². The summed E-state index contributed by atoms with van der Waals surface area (Å²) in [7, 11) is 0. The van der Waals surface area contributed by atoms with E-state index in [1.165, 1.54) is 0 Å². The van der Waals surface area contributed by atoms with Crippen LogP contribution in [0.3, 0.4) is 0 Å². The quantitative estimate of drug-likeness (QED) is 0.922. The Bertz CT molecular complexity index is 714. The lowest BCUT2D eigenvalue weighted by Gasteiger charge is -2.16. The third kappa shape index (κ3) is 3.56. The molecule has 0 saturated heterocycles. The molecule has 1 aliphatic heterocycles. The average molecular weight is 313 g/mol. The summed E-state index contributed by atoms with van der Waals surface area (Å²) in [6.07, 6.45) is 0. The van der Waals surface area contributed by atoms with E-state index in [4.69, 9.17) is 14.2 Å². The molecular weight excluding hydrogens is 294 g/mol. The number of amides is 1. The van der Waals surface area contributed by atoms with E-state index in [2.05, 4.69) is 5.32 Å². The van der Waals surface area contributed by atoms with Crippen LogP contribution in [0.1, 0.15) is 24.1 Å². The third-order valence-electron chi connectivity index (χ3n) is 3.75. The van der Waals surface area contributed by atoms with Crippen molar-refractivity contribution in [3.63, 3.8) is 0 Å². The van der Waals surface area contributed by atoms with Crippen LogP contribution in [0.2, 0.25) is 0 Å². The zero-order valence-electron chi connectivity index (χ0n) is 13.2. The van der Waals surface area contributed by atoms with Crippen molar-refractivity contribution >= 4 is 5.91 Å². The lowest BCUT2D eigenvalue weighted by atomic mass is 10.0. The molecule has 0 fully saturated rings. The summed E-state index contributed by atoms with van der Waals surface area (Å²) in [5.41, 5.74) is 2.25. The number of carbonyl (C=O) groups excluding carboxylic acids is 1. The van der Waals surface area contributed by atoms with Crippen LogP contribution in [0.5, 0.6) is 17.2 Å². The highest BCUT2D eigenvalue weighted by molar-refractivity contribution is 5.78. The number of aryl methyl sites for hydroxylation is 1. The molecule has 0 bridgehead atoms. The second-order valence-corrected chi connectivity index (χ2v) is 5.45. The van der Waals surface area contributed by atoms with Crippen molar-refractivity contribution in [2.75, 3.05) is 13.4 Å². The van der Waals surface area contributed by atoms with E-state index in [9.17, 15) is 4.79 Å². The predicted octanol–water partition coefficient (Wildman–Crippen LogP) is 2.98. The minimum absolute atomic E-state index is 0.0458. The maximum atomic E-state index is 12.1. The first-order valence-electron chi connectivity index (χ1n) is 7.51. The number of hydrogen-bond acceptors (Lipinski definition) is 4. The molecule has 0 aliphatic carbocycles. The van der Waals surface area contributed by atoms with Crippen LogP contribution < -0.4 is 19.5 Å². The van der Waals surface area contributed by atoms with Crippen molar-refractivity contribution in [3.8, 4) is 17.2 Å². The Balaban J connectivity index is 1.54. The van der Waals surface area contributed by atoms with Crippen LogP contribution in [0.25, 0.3) is 0 Å². The molecule has 1 heterocycles. The fraction of sp³-hybridized carbons (Fsp3) is 0.278. The molecule has 1 aliphatic rings. The first-order chi connectivity index (χ1) is 11.1. The molecule has 1 atom stereocenters. The molecule has 1 N–H and O–H groups in total. The molecule has 1 unspecified atom stereocenters. The zero-order valence-corrected chi connectivity index (χ0v) is 13.2. The zero-order chi connectivity index (χ0) is 16.2. The summed E-state index contributed by atoms with van der Waals surface area (Å²) < 4.78 is 16.0. The van der Waals surface area contributed by atoms with Crippen molar-refractivity contribution in [1.82, 2.24) is 5.32 Å². The topological polar surface area (TPSA) is 56.8 Å². The van der Waals surface area contributed by atoms with E-state index in [0.717, 1.165) is 11.1 Å². The fourth-order valence-corrected chi connectivity index (χ4v) is 2.55. The predicted molar refractivity (Wildman–Crippen MR) is 85.8 cm³/mol. The van der Waals surface area contributed by atoms with E-state index in [1.54, 1.807) is 18.2 Å². The molecule has 2 aromatic carbocycles. The first kappa shape index (κ1) is 15.2. The molecule has 0 saturated carbocycles. The van der Waals surface area contributed by atoms with Crippen LogP contribution in [-0.4, -0.2) is 19.3 Å². The minimum Gasteiger partial charge on any atom is -0.484 e. The molecule has 1 amide bonds. The maximum absolute atomic E-state index is 12.1. The molecule has 23 heavy (non-hydrogen) atoms. The van der Waals surface area contributed by atoms with Gasteiger partial charge in [0.15, 0.2) is 18.1 Å². The summed E-state index contributed by atoms with van der Waals surface area (Å²) in [6.45, 7) is 4.16. The number of carbonyl (C=O) groups is 1. The number of rotatable bonds is 5. The van der Waals surface area contributed by atoms with Crippen molar-refractivity contribution in [2.24, 2.45) is 0 Å². The number of fused-ring (bicyclic) bond motifs is 1. The van der Waals surface area contributed by atoms with Gasteiger partial charge in [0.25, 0.3) is 5.91 Å². The molecule has 0 radical (unpaired) electrons. The van der Waals surface area contributed by atoms with Crippen LogP contribution in [0, 0.1) is 6.92 Å². The van der Waals surface area contributed by atoms with Crippen LogP contribution >= 0.6 is 0 Å². The number of ether oxygens (including phenoxy) is 3. The maximum Gasteiger partial charge on any atom is 0.258 e. The lowest BCUT2D eigenvalue weighted by molar-refractivity contribution is -0.123. The Hall–Kier alpha value is -2.69. The number of nitrogens with one attached hydrogen (secondary N) is 1. The normalized spacial score (nSPS) is 13.5. The Morgan fingerprint density at radius 2 is 2.00 bits per heavy atom. The van der Waals surface area contributed by atoms with Gasteiger partial charge in [0, 0.05) is 6.07 Å². The molecule has 0 aromatic heterocycles. The molecular formula is C18H19NO4. The minimum atomic E-state index is -0.168. The Morgan fingerprint density at radius 3 is 2.83 bits per heavy atom. The van der Waals surface area contributed by atoms with E-state index in [-0.39, 0.29) is 25.3 Å². The van der Waals surface area contributed by atoms with E-state index < -0.39 is 0 Å². The van der Waals surface area contributed by atoms with Gasteiger partial charge in [-0.25, -0.2) is 0 Å². The van der Waals surface area contributed by atoms with Gasteiger partial charge in [-0.2, -0.15) is 0 Å². The molecule has 5 nitrogen and oxygen atoms in total. The molecule has 0 spiro atoms. The number of hydrogen-bond donors (Lipinski definition) is 1. The summed E-state index contributed by atoms with van der Waals surface area (Å²) >= 11 is 0. The highest BCUT2D eigenvalue weighted by Gasteiger charge is 2.15. The standard InChI is InChI=1S/C18H19NO4/c1-12-5-3-4-6-15(12)13(2)19-18(20)10-21-14-7-8-16-17(9-14)23-11-22-16/h3-9,13H,10-11H2,1-2H3,(H,19,20). The fourth-order valence-electron chi connectivity index (χ4n) is 2.55. The largest absolute Gasteiger partial charge is 0.484 e. The summed E-state index contributed by atoms with van der Waals surface area (Å²) in [5, 5.41) is 2.94. The lowest BCUT2D eigenvalue weighted by Crippen LogP contribution is -2.31. The van der Waals surface area contributed by atoms with Gasteiger partial charge in [0.2, 0.25) is 6.79 Å². The van der Waals surface area contributed by atoms with Crippen LogP contribution in [0.4, 0.5) is 0 Å². The molecule has 5 heteroatoms. The van der Waals surface area contributed by atoms with Gasteiger partial charge in [-0.05, 0) is 37.1 Å². The van der Waals surface area contributed by atoms with Gasteiger partial charge in [-0.1, -0.05) is 24.3 Å². The van der Waals surface area contributed by atoms with Gasteiger partial charge >= 0.3 is 0 Å². The highest BCUT2D eigenvalue weighted by Crippen LogP contribution is 2.35. The highest BCUT2D eigenvalue weighted by atomic mass is 16.7. The van der Waals surface area contributed by atoms with E-state index in [0.29, 0.717) is 17.2 Å². The van der Waals surface area contributed by atoms with Crippen molar-refractivity contribution in [2.45, 2.75) is 19.9 Å². The van der Waals surface area contributed by atoms with Crippen LogP contribution in [-0.2, 0) is 4.79 Å². The summed E-state index contributed by atoms with van der Waals surface area (Å²) in [6, 6.07) is 13.2. The second-order valence-electron chi connectivity index (χ2n) is 5.45. The van der Waals surface area contributed by atoms with Crippen LogP contribution in [0.15, 0.2) is 42.5 Å². The van der Waals surface area contributed by atoms with Gasteiger partial charge < -0.3 is 19.5 Å². The van der Waals surface area contributed by atoms with Gasteiger partial charge in [-0.3, -0.25) is 4.79 Å². The second kappa shape index (κ2) is 6.60.